The SMILES string of the molecule is Cc1nsc(NC(=O)c2nc(Sc3ncn[nH]3)ccc2Sc2ccc(-n3ccnc3)nc2)n1. The normalized spacial score (nSPS) is 10.9. The molecule has 33 heavy (non-hydrogen) atoms. The van der Waals surface area contributed by atoms with Crippen LogP contribution in [0.2, 0.25) is 0 Å². The summed E-state index contributed by atoms with van der Waals surface area (Å²) in [6.45, 7) is 1.76. The monoisotopic (exact) mass is 494 g/mol. The third-order valence-corrected chi connectivity index (χ3v) is 6.68. The van der Waals surface area contributed by atoms with E-state index in [1.54, 1.807) is 25.6 Å². The highest BCUT2D eigenvalue weighted by Crippen LogP contribution is 2.33. The minimum absolute atomic E-state index is 0.260. The van der Waals surface area contributed by atoms with Gasteiger partial charge in [0.15, 0.2) is 5.16 Å². The molecule has 0 bridgehead atoms. The Morgan fingerprint density at radius 2 is 2.09 bits per heavy atom. The summed E-state index contributed by atoms with van der Waals surface area (Å²) in [5.41, 5.74) is 0.260. The first-order valence-electron chi connectivity index (χ1n) is 9.42. The van der Waals surface area contributed by atoms with Crippen molar-refractivity contribution in [2.45, 2.75) is 26.9 Å². The largest absolute Gasteiger partial charge is 0.295 e. The van der Waals surface area contributed by atoms with Crippen LogP contribution in [0.5, 0.6) is 0 Å². The van der Waals surface area contributed by atoms with Crippen LogP contribution < -0.4 is 5.32 Å². The number of amides is 1. The average Bonchev–Trinajstić information content (AvgIpc) is 3.59. The molecule has 5 rings (SSSR count). The van der Waals surface area contributed by atoms with Crippen LogP contribution in [0.15, 0.2) is 75.5 Å². The van der Waals surface area contributed by atoms with E-state index in [2.05, 4.69) is 44.8 Å². The molecule has 5 aromatic heterocycles. The van der Waals surface area contributed by atoms with Crippen LogP contribution in [0.3, 0.4) is 0 Å². The Morgan fingerprint density at radius 1 is 1.15 bits per heavy atom. The summed E-state index contributed by atoms with van der Waals surface area (Å²) >= 11 is 3.79. The molecule has 0 spiro atoms. The Balaban J connectivity index is 1.42. The van der Waals surface area contributed by atoms with Crippen LogP contribution in [-0.4, -0.2) is 50.0 Å². The molecule has 0 radical (unpaired) electrons. The summed E-state index contributed by atoms with van der Waals surface area (Å²) in [4.78, 5) is 36.0. The van der Waals surface area contributed by atoms with Crippen molar-refractivity contribution in [3.8, 4) is 5.82 Å². The molecule has 164 valence electrons. The molecule has 0 aliphatic carbocycles. The number of carbonyl (C=O) groups excluding carboxylic acids is 1. The molecule has 5 aromatic rings. The van der Waals surface area contributed by atoms with E-state index in [0.717, 1.165) is 22.2 Å². The topological polar surface area (TPSA) is 140 Å². The van der Waals surface area contributed by atoms with E-state index >= 15 is 0 Å². The minimum Gasteiger partial charge on any atom is -0.295 e. The van der Waals surface area contributed by atoms with E-state index in [1.807, 2.05) is 35.0 Å². The summed E-state index contributed by atoms with van der Waals surface area (Å²) in [5.74, 6) is 0.964. The molecule has 0 unspecified atom stereocenters. The first kappa shape index (κ1) is 21.2. The molecule has 0 atom stereocenters. The Morgan fingerprint density at radius 3 is 2.79 bits per heavy atom. The molecule has 0 aliphatic rings. The number of carbonyl (C=O) groups is 1. The lowest BCUT2D eigenvalue weighted by Crippen LogP contribution is -2.15. The van der Waals surface area contributed by atoms with E-state index in [-0.39, 0.29) is 11.6 Å². The molecule has 5 heterocycles. The first-order valence-corrected chi connectivity index (χ1v) is 11.8. The molecule has 0 aliphatic heterocycles. The number of aromatic nitrogens is 9. The van der Waals surface area contributed by atoms with Gasteiger partial charge >= 0.3 is 0 Å². The summed E-state index contributed by atoms with van der Waals surface area (Å²) < 4.78 is 5.92. The zero-order chi connectivity index (χ0) is 22.6. The van der Waals surface area contributed by atoms with Crippen LogP contribution in [-0.2, 0) is 0 Å². The Bertz CT molecular complexity index is 1370. The number of H-pyrrole nitrogens is 1. The fraction of sp³-hybridized carbons (Fsp3) is 0.0526. The zero-order valence-corrected chi connectivity index (χ0v) is 19.4. The third kappa shape index (κ3) is 5.08. The number of nitrogens with zero attached hydrogens (tertiary/aromatic N) is 8. The van der Waals surface area contributed by atoms with Crippen molar-refractivity contribution in [2.24, 2.45) is 0 Å². The smallest absolute Gasteiger partial charge is 0.277 e. The molecule has 0 saturated heterocycles. The van der Waals surface area contributed by atoms with E-state index in [1.165, 1.54) is 29.9 Å². The quantitative estimate of drug-likeness (QED) is 0.345. The number of rotatable bonds is 7. The number of nitrogens with one attached hydrogen (secondary N) is 2. The summed E-state index contributed by atoms with van der Waals surface area (Å²) in [7, 11) is 0. The number of anilines is 1. The minimum atomic E-state index is -0.378. The number of pyridine rings is 2. The van der Waals surface area contributed by atoms with Gasteiger partial charge in [0.25, 0.3) is 5.91 Å². The van der Waals surface area contributed by atoms with Gasteiger partial charge in [-0.1, -0.05) is 11.8 Å². The predicted molar refractivity (Wildman–Crippen MR) is 123 cm³/mol. The molecule has 11 nitrogen and oxygen atoms in total. The van der Waals surface area contributed by atoms with Gasteiger partial charge in [-0.05, 0) is 43.0 Å². The van der Waals surface area contributed by atoms with Crippen LogP contribution in [0.25, 0.3) is 5.82 Å². The average molecular weight is 495 g/mol. The van der Waals surface area contributed by atoms with Crippen molar-refractivity contribution < 1.29 is 4.79 Å². The lowest BCUT2D eigenvalue weighted by atomic mass is 10.3. The molecular weight excluding hydrogens is 480 g/mol. The molecule has 0 fully saturated rings. The number of aromatic amines is 1. The maximum atomic E-state index is 13.1. The highest BCUT2D eigenvalue weighted by Gasteiger charge is 2.18. The fourth-order valence-corrected chi connectivity index (χ4v) is 4.79. The van der Waals surface area contributed by atoms with Crippen molar-refractivity contribution in [3.63, 3.8) is 0 Å². The highest BCUT2D eigenvalue weighted by atomic mass is 32.2. The zero-order valence-electron chi connectivity index (χ0n) is 16.9. The van der Waals surface area contributed by atoms with Crippen molar-refractivity contribution in [3.05, 3.63) is 67.0 Å². The van der Waals surface area contributed by atoms with Gasteiger partial charge in [-0.3, -0.25) is 19.8 Å². The standard InChI is InChI=1S/C19H14N10OS3/c1-11-24-19(33-28-11)26-17(30)16-13(3-5-15(25-16)32-18-22-9-23-27-18)31-12-2-4-14(21-8-12)29-7-6-20-10-29/h2-10H,1H3,(H,22,23,27)(H,24,26,28,30). The predicted octanol–water partition coefficient (Wildman–Crippen LogP) is 3.50. The lowest BCUT2D eigenvalue weighted by Gasteiger charge is -2.10. The van der Waals surface area contributed by atoms with Crippen LogP contribution in [0, 0.1) is 6.92 Å². The van der Waals surface area contributed by atoms with Crippen LogP contribution in [0.4, 0.5) is 5.13 Å². The van der Waals surface area contributed by atoms with Crippen molar-refractivity contribution in [1.82, 2.24) is 44.1 Å². The first-order chi connectivity index (χ1) is 16.1. The van der Waals surface area contributed by atoms with E-state index in [4.69, 9.17) is 0 Å². The maximum absolute atomic E-state index is 13.1. The Labute approximate surface area is 199 Å². The van der Waals surface area contributed by atoms with E-state index in [9.17, 15) is 4.79 Å². The number of hydrogen-bond donors (Lipinski definition) is 2. The van der Waals surface area contributed by atoms with Gasteiger partial charge in [0.1, 0.15) is 35.0 Å². The van der Waals surface area contributed by atoms with Gasteiger partial charge in [0.2, 0.25) is 5.13 Å². The third-order valence-electron chi connectivity index (χ3n) is 4.11. The Kier molecular flexibility index (Phi) is 6.10. The molecule has 0 aromatic carbocycles. The maximum Gasteiger partial charge on any atom is 0.277 e. The van der Waals surface area contributed by atoms with Crippen LogP contribution in [0.1, 0.15) is 16.3 Å². The molecule has 0 saturated carbocycles. The number of hydrogen-bond acceptors (Lipinski definition) is 11. The molecule has 14 heteroatoms. The van der Waals surface area contributed by atoms with Gasteiger partial charge in [-0.15, -0.1) is 0 Å². The van der Waals surface area contributed by atoms with Crippen molar-refractivity contribution in [2.75, 3.05) is 5.32 Å². The fourth-order valence-electron chi connectivity index (χ4n) is 2.68. The summed E-state index contributed by atoms with van der Waals surface area (Å²) in [6, 6.07) is 7.49. The van der Waals surface area contributed by atoms with E-state index in [0.29, 0.717) is 26.0 Å². The van der Waals surface area contributed by atoms with Gasteiger partial charge in [0, 0.05) is 39.9 Å². The lowest BCUT2D eigenvalue weighted by molar-refractivity contribution is 0.101. The van der Waals surface area contributed by atoms with Crippen molar-refractivity contribution >= 4 is 46.1 Å². The number of imidazole rings is 1. The second kappa shape index (κ2) is 9.48. The van der Waals surface area contributed by atoms with Crippen LogP contribution >= 0.6 is 35.1 Å². The highest BCUT2D eigenvalue weighted by molar-refractivity contribution is 7.99. The van der Waals surface area contributed by atoms with Gasteiger partial charge in [-0.25, -0.2) is 24.9 Å². The number of aryl methyl sites for hydroxylation is 1. The van der Waals surface area contributed by atoms with Gasteiger partial charge < -0.3 is 0 Å². The van der Waals surface area contributed by atoms with Gasteiger partial charge in [-0.2, -0.15) is 9.47 Å². The summed E-state index contributed by atoms with van der Waals surface area (Å²) in [5, 5.41) is 11.0. The van der Waals surface area contributed by atoms with Gasteiger partial charge in [0.05, 0.1) is 0 Å². The second-order valence-corrected chi connectivity index (χ2v) is 9.29. The molecule has 1 amide bonds. The molecular formula is C19H14N10OS3. The van der Waals surface area contributed by atoms with E-state index < -0.39 is 0 Å². The second-order valence-electron chi connectivity index (χ2n) is 6.41. The Hall–Kier alpha value is -3.62. The van der Waals surface area contributed by atoms with Crippen molar-refractivity contribution in [1.29, 1.82) is 0 Å². The molecule has 2 N–H and O–H groups in total. The summed E-state index contributed by atoms with van der Waals surface area (Å²) in [6.07, 6.45) is 8.35.